The van der Waals surface area contributed by atoms with Crippen molar-refractivity contribution in [2.75, 3.05) is 19.7 Å². The molecule has 0 bridgehead atoms. The molecule has 2 N–H and O–H groups in total. The number of carbonyl (C=O) groups excluding carboxylic acids is 1. The van der Waals surface area contributed by atoms with Crippen molar-refractivity contribution in [2.24, 2.45) is 0 Å². The van der Waals surface area contributed by atoms with E-state index in [1.54, 1.807) is 0 Å². The van der Waals surface area contributed by atoms with Gasteiger partial charge in [0.1, 0.15) is 0 Å². The van der Waals surface area contributed by atoms with E-state index in [2.05, 4.69) is 26.6 Å². The van der Waals surface area contributed by atoms with Crippen molar-refractivity contribution in [3.8, 4) is 0 Å². The molecule has 1 aliphatic heterocycles. The molecule has 1 fully saturated rings. The highest BCUT2D eigenvalue weighted by atomic mass is 79.9. The number of benzene rings is 1. The van der Waals surface area contributed by atoms with E-state index in [-0.39, 0.29) is 17.6 Å². The molecule has 0 spiro atoms. The van der Waals surface area contributed by atoms with Crippen LogP contribution in [0.4, 0.5) is 0 Å². The average molecular weight is 341 g/mol. The summed E-state index contributed by atoms with van der Waals surface area (Å²) < 4.78 is 6.59. The Balaban J connectivity index is 1.93. The number of ether oxygens (including phenoxy) is 1. The highest BCUT2D eigenvalue weighted by Gasteiger charge is 2.25. The zero-order chi connectivity index (χ0) is 14.6. The van der Waals surface area contributed by atoms with Crippen LogP contribution in [0.15, 0.2) is 28.7 Å². The van der Waals surface area contributed by atoms with E-state index in [1.807, 2.05) is 38.1 Å². The summed E-state index contributed by atoms with van der Waals surface area (Å²) in [5.41, 5.74) is 0.691. The molecule has 1 aliphatic rings. The number of amides is 1. The van der Waals surface area contributed by atoms with Crippen LogP contribution in [0.1, 0.15) is 25.8 Å². The van der Waals surface area contributed by atoms with E-state index in [0.29, 0.717) is 13.0 Å². The lowest BCUT2D eigenvalue weighted by Gasteiger charge is -2.29. The normalized spacial score (nSPS) is 19.6. The smallest absolute Gasteiger partial charge is 0.223 e. The van der Waals surface area contributed by atoms with E-state index in [1.165, 1.54) is 0 Å². The molecule has 1 aromatic rings. The Morgan fingerprint density at radius 1 is 1.45 bits per heavy atom. The fourth-order valence-electron chi connectivity index (χ4n) is 2.30. The molecule has 1 heterocycles. The summed E-state index contributed by atoms with van der Waals surface area (Å²) in [6.45, 7) is 6.30. The molecule has 1 atom stereocenters. The lowest BCUT2D eigenvalue weighted by molar-refractivity contribution is -0.126. The first-order chi connectivity index (χ1) is 9.47. The molecule has 20 heavy (non-hydrogen) atoms. The Morgan fingerprint density at radius 2 is 2.15 bits per heavy atom. The van der Waals surface area contributed by atoms with Crippen LogP contribution >= 0.6 is 15.9 Å². The van der Waals surface area contributed by atoms with Gasteiger partial charge in [0.05, 0.1) is 24.7 Å². The second-order valence-corrected chi connectivity index (χ2v) is 6.50. The third-order valence-corrected chi connectivity index (χ3v) is 3.96. The molecule has 0 radical (unpaired) electrons. The second-order valence-electron chi connectivity index (χ2n) is 5.58. The van der Waals surface area contributed by atoms with Gasteiger partial charge in [-0.3, -0.25) is 4.79 Å². The minimum Gasteiger partial charge on any atom is -0.375 e. The van der Waals surface area contributed by atoms with Crippen LogP contribution in [0, 0.1) is 0 Å². The molecule has 0 aromatic heterocycles. The van der Waals surface area contributed by atoms with Gasteiger partial charge in [-0.1, -0.05) is 28.1 Å². The second kappa shape index (κ2) is 6.70. The Labute approximate surface area is 128 Å². The molecule has 110 valence electrons. The van der Waals surface area contributed by atoms with Crippen molar-refractivity contribution in [3.63, 3.8) is 0 Å². The Bertz CT molecular complexity index is 453. The van der Waals surface area contributed by atoms with Crippen molar-refractivity contribution >= 4 is 21.8 Å². The largest absolute Gasteiger partial charge is 0.375 e. The zero-order valence-electron chi connectivity index (χ0n) is 11.9. The molecule has 5 heteroatoms. The minimum absolute atomic E-state index is 0.0200. The van der Waals surface area contributed by atoms with Crippen LogP contribution in [0.5, 0.6) is 0 Å². The lowest BCUT2D eigenvalue weighted by atomic mass is 9.94. The molecular formula is C15H21BrN2O2. The first-order valence-electron chi connectivity index (χ1n) is 6.87. The molecule has 1 amide bonds. The van der Waals surface area contributed by atoms with Crippen molar-refractivity contribution in [2.45, 2.75) is 31.9 Å². The first kappa shape index (κ1) is 15.5. The summed E-state index contributed by atoms with van der Waals surface area (Å²) in [7, 11) is 0. The van der Waals surface area contributed by atoms with Crippen LogP contribution < -0.4 is 10.6 Å². The fraction of sp³-hybridized carbons (Fsp3) is 0.533. The van der Waals surface area contributed by atoms with Gasteiger partial charge in [0.15, 0.2) is 0 Å². The minimum atomic E-state index is -0.389. The number of morpholine rings is 1. The monoisotopic (exact) mass is 340 g/mol. The molecule has 0 unspecified atom stereocenters. The van der Waals surface area contributed by atoms with Gasteiger partial charge in [-0.25, -0.2) is 0 Å². The standard InChI is InChI=1S/C15H21BrN2O2/c1-15(2,11-3-5-12(16)6-4-11)18-14(19)9-13-10-17-7-8-20-13/h3-6,13,17H,7-10H2,1-2H3,(H,18,19)/t13-/m1/s1. The number of hydrogen-bond donors (Lipinski definition) is 2. The summed E-state index contributed by atoms with van der Waals surface area (Å²) in [5, 5.41) is 6.31. The third-order valence-electron chi connectivity index (χ3n) is 3.44. The third kappa shape index (κ3) is 4.30. The van der Waals surface area contributed by atoms with E-state index in [0.717, 1.165) is 23.1 Å². The number of nitrogens with one attached hydrogen (secondary N) is 2. The van der Waals surface area contributed by atoms with Gasteiger partial charge < -0.3 is 15.4 Å². The van der Waals surface area contributed by atoms with Crippen LogP contribution in [-0.2, 0) is 15.1 Å². The highest BCUT2D eigenvalue weighted by molar-refractivity contribution is 9.10. The topological polar surface area (TPSA) is 50.4 Å². The molecule has 0 aliphatic carbocycles. The summed E-state index contributed by atoms with van der Waals surface area (Å²) in [5.74, 6) is 0.0200. The molecule has 2 rings (SSSR count). The van der Waals surface area contributed by atoms with E-state index >= 15 is 0 Å². The predicted molar refractivity (Wildman–Crippen MR) is 82.5 cm³/mol. The van der Waals surface area contributed by atoms with Gasteiger partial charge in [-0.15, -0.1) is 0 Å². The maximum absolute atomic E-state index is 12.1. The van der Waals surface area contributed by atoms with Crippen molar-refractivity contribution < 1.29 is 9.53 Å². The Kier molecular flexibility index (Phi) is 5.18. The summed E-state index contributed by atoms with van der Waals surface area (Å²) >= 11 is 3.42. The quantitative estimate of drug-likeness (QED) is 0.883. The van der Waals surface area contributed by atoms with Crippen LogP contribution in [-0.4, -0.2) is 31.7 Å². The molecule has 4 nitrogen and oxygen atoms in total. The maximum atomic E-state index is 12.1. The zero-order valence-corrected chi connectivity index (χ0v) is 13.5. The van der Waals surface area contributed by atoms with Gasteiger partial charge in [-0.05, 0) is 31.5 Å². The van der Waals surface area contributed by atoms with Crippen LogP contribution in [0.2, 0.25) is 0 Å². The summed E-state index contributed by atoms with van der Waals surface area (Å²) in [6, 6.07) is 8.00. The summed E-state index contributed by atoms with van der Waals surface area (Å²) in [4.78, 5) is 12.1. The fourth-order valence-corrected chi connectivity index (χ4v) is 2.56. The van der Waals surface area contributed by atoms with Crippen LogP contribution in [0.3, 0.4) is 0 Å². The summed E-state index contributed by atoms with van der Waals surface area (Å²) in [6.07, 6.45) is 0.372. The van der Waals surface area contributed by atoms with E-state index in [9.17, 15) is 4.79 Å². The van der Waals surface area contributed by atoms with E-state index in [4.69, 9.17) is 4.74 Å². The number of hydrogen-bond acceptors (Lipinski definition) is 3. The first-order valence-corrected chi connectivity index (χ1v) is 7.66. The van der Waals surface area contributed by atoms with Crippen molar-refractivity contribution in [1.82, 2.24) is 10.6 Å². The average Bonchev–Trinajstić information content (AvgIpc) is 2.39. The van der Waals surface area contributed by atoms with Gasteiger partial charge in [0.25, 0.3) is 0 Å². The maximum Gasteiger partial charge on any atom is 0.223 e. The lowest BCUT2D eigenvalue weighted by Crippen LogP contribution is -2.45. The Morgan fingerprint density at radius 3 is 2.75 bits per heavy atom. The molecule has 0 saturated carbocycles. The number of halogens is 1. The molecular weight excluding hydrogens is 320 g/mol. The Hall–Kier alpha value is -0.910. The number of carbonyl (C=O) groups is 1. The van der Waals surface area contributed by atoms with Gasteiger partial charge in [-0.2, -0.15) is 0 Å². The highest BCUT2D eigenvalue weighted by Crippen LogP contribution is 2.22. The SMILES string of the molecule is CC(C)(NC(=O)C[C@@H]1CNCCO1)c1ccc(Br)cc1. The molecule has 1 aromatic carbocycles. The van der Waals surface area contributed by atoms with Crippen LogP contribution in [0.25, 0.3) is 0 Å². The van der Waals surface area contributed by atoms with E-state index < -0.39 is 0 Å². The van der Waals surface area contributed by atoms with Crippen molar-refractivity contribution in [3.05, 3.63) is 34.3 Å². The van der Waals surface area contributed by atoms with Crippen molar-refractivity contribution in [1.29, 1.82) is 0 Å². The predicted octanol–water partition coefficient (Wildman–Crippen LogP) is 2.18. The van der Waals surface area contributed by atoms with Gasteiger partial charge >= 0.3 is 0 Å². The van der Waals surface area contributed by atoms with Gasteiger partial charge in [0, 0.05) is 17.6 Å². The number of rotatable bonds is 4. The molecule has 1 saturated heterocycles. The van der Waals surface area contributed by atoms with Gasteiger partial charge in [0.2, 0.25) is 5.91 Å².